The summed E-state index contributed by atoms with van der Waals surface area (Å²) in [5.74, 6) is 0.697. The van der Waals surface area contributed by atoms with Crippen LogP contribution in [-0.2, 0) is 4.79 Å². The SMILES string of the molecule is CCC(C)(O)CNC(=O)CC1CC1. The van der Waals surface area contributed by atoms with E-state index in [0.29, 0.717) is 25.3 Å². The summed E-state index contributed by atoms with van der Waals surface area (Å²) in [7, 11) is 0. The Morgan fingerprint density at radius 1 is 1.62 bits per heavy atom. The number of hydrogen-bond donors (Lipinski definition) is 2. The van der Waals surface area contributed by atoms with Gasteiger partial charge in [-0.2, -0.15) is 0 Å². The minimum Gasteiger partial charge on any atom is -0.388 e. The van der Waals surface area contributed by atoms with E-state index in [-0.39, 0.29) is 5.91 Å². The second-order valence-corrected chi connectivity index (χ2v) is 4.27. The quantitative estimate of drug-likeness (QED) is 0.673. The summed E-state index contributed by atoms with van der Waals surface area (Å²) in [5.41, 5.74) is -0.751. The molecule has 3 nitrogen and oxygen atoms in total. The maximum atomic E-state index is 11.2. The lowest BCUT2D eigenvalue weighted by Crippen LogP contribution is -2.40. The molecule has 0 aromatic rings. The molecule has 1 rings (SSSR count). The van der Waals surface area contributed by atoms with Crippen LogP contribution in [0.5, 0.6) is 0 Å². The molecule has 0 aliphatic heterocycles. The fourth-order valence-electron chi connectivity index (χ4n) is 1.07. The Morgan fingerprint density at radius 2 is 2.23 bits per heavy atom. The minimum atomic E-state index is -0.751. The van der Waals surface area contributed by atoms with Crippen molar-refractivity contribution in [2.45, 2.75) is 45.1 Å². The fourth-order valence-corrected chi connectivity index (χ4v) is 1.07. The van der Waals surface area contributed by atoms with Gasteiger partial charge in [0.05, 0.1) is 5.60 Å². The predicted octanol–water partition coefficient (Wildman–Crippen LogP) is 1.06. The molecule has 1 saturated carbocycles. The zero-order valence-electron chi connectivity index (χ0n) is 8.47. The molecule has 0 aromatic heterocycles. The summed E-state index contributed by atoms with van der Waals surface area (Å²) in [4.78, 5) is 11.2. The lowest BCUT2D eigenvalue weighted by Gasteiger charge is -2.21. The Morgan fingerprint density at radius 3 is 2.69 bits per heavy atom. The number of hydrogen-bond acceptors (Lipinski definition) is 2. The van der Waals surface area contributed by atoms with Crippen molar-refractivity contribution in [3.8, 4) is 0 Å². The Kier molecular flexibility index (Phi) is 3.31. The number of carbonyl (C=O) groups is 1. The van der Waals surface area contributed by atoms with Gasteiger partial charge >= 0.3 is 0 Å². The van der Waals surface area contributed by atoms with Crippen LogP contribution < -0.4 is 5.32 Å². The molecule has 2 N–H and O–H groups in total. The van der Waals surface area contributed by atoms with E-state index in [1.807, 2.05) is 6.92 Å². The van der Waals surface area contributed by atoms with Crippen molar-refractivity contribution in [3.63, 3.8) is 0 Å². The van der Waals surface area contributed by atoms with Crippen LogP contribution in [-0.4, -0.2) is 23.2 Å². The topological polar surface area (TPSA) is 49.3 Å². The Balaban J connectivity index is 2.13. The molecule has 1 unspecified atom stereocenters. The summed E-state index contributed by atoms with van der Waals surface area (Å²) < 4.78 is 0. The number of rotatable bonds is 5. The molecular formula is C10H19NO2. The van der Waals surface area contributed by atoms with Crippen molar-refractivity contribution in [2.75, 3.05) is 6.54 Å². The highest BCUT2D eigenvalue weighted by Gasteiger charge is 2.25. The molecule has 0 spiro atoms. The highest BCUT2D eigenvalue weighted by atomic mass is 16.3. The van der Waals surface area contributed by atoms with E-state index in [9.17, 15) is 9.90 Å². The number of amides is 1. The molecule has 0 saturated heterocycles. The third-order valence-corrected chi connectivity index (χ3v) is 2.60. The molecule has 1 aliphatic rings. The fraction of sp³-hybridized carbons (Fsp3) is 0.900. The van der Waals surface area contributed by atoms with E-state index < -0.39 is 5.60 Å². The Hall–Kier alpha value is -0.570. The molecule has 1 aliphatic carbocycles. The summed E-state index contributed by atoms with van der Waals surface area (Å²) in [6.07, 6.45) is 3.69. The van der Waals surface area contributed by atoms with Crippen LogP contribution >= 0.6 is 0 Å². The first-order valence-corrected chi connectivity index (χ1v) is 5.02. The molecule has 3 heteroatoms. The van der Waals surface area contributed by atoms with Crippen LogP contribution in [0.2, 0.25) is 0 Å². The van der Waals surface area contributed by atoms with Gasteiger partial charge in [0.15, 0.2) is 0 Å². The molecular weight excluding hydrogens is 166 g/mol. The van der Waals surface area contributed by atoms with Crippen molar-refractivity contribution in [1.29, 1.82) is 0 Å². The molecule has 0 bridgehead atoms. The number of carbonyl (C=O) groups excluding carboxylic acids is 1. The van der Waals surface area contributed by atoms with Crippen LogP contribution in [0.4, 0.5) is 0 Å². The van der Waals surface area contributed by atoms with Gasteiger partial charge in [-0.25, -0.2) is 0 Å². The second kappa shape index (κ2) is 4.09. The van der Waals surface area contributed by atoms with Gasteiger partial charge in [0.2, 0.25) is 5.91 Å². The summed E-state index contributed by atoms with van der Waals surface area (Å²) in [6.45, 7) is 4.02. The second-order valence-electron chi connectivity index (χ2n) is 4.27. The van der Waals surface area contributed by atoms with Crippen LogP contribution in [0, 0.1) is 5.92 Å². The van der Waals surface area contributed by atoms with Crippen molar-refractivity contribution < 1.29 is 9.90 Å². The Bertz CT molecular complexity index is 185. The van der Waals surface area contributed by atoms with Crippen molar-refractivity contribution >= 4 is 5.91 Å². The molecule has 0 radical (unpaired) electrons. The van der Waals surface area contributed by atoms with Gasteiger partial charge < -0.3 is 10.4 Å². The van der Waals surface area contributed by atoms with Gasteiger partial charge in [-0.3, -0.25) is 4.79 Å². The molecule has 0 aromatic carbocycles. The van der Waals surface area contributed by atoms with Gasteiger partial charge in [-0.15, -0.1) is 0 Å². The average Bonchev–Trinajstić information content (AvgIpc) is 2.85. The first kappa shape index (κ1) is 10.5. The monoisotopic (exact) mass is 185 g/mol. The van der Waals surface area contributed by atoms with Crippen molar-refractivity contribution in [1.82, 2.24) is 5.32 Å². The highest BCUT2D eigenvalue weighted by Crippen LogP contribution is 2.32. The lowest BCUT2D eigenvalue weighted by molar-refractivity contribution is -0.122. The number of aliphatic hydroxyl groups is 1. The third-order valence-electron chi connectivity index (χ3n) is 2.60. The van der Waals surface area contributed by atoms with Gasteiger partial charge in [0.25, 0.3) is 0 Å². The molecule has 76 valence electrons. The third kappa shape index (κ3) is 4.27. The zero-order chi connectivity index (χ0) is 9.90. The first-order chi connectivity index (χ1) is 6.03. The first-order valence-electron chi connectivity index (χ1n) is 5.02. The summed E-state index contributed by atoms with van der Waals surface area (Å²) in [6, 6.07) is 0. The van der Waals surface area contributed by atoms with E-state index in [4.69, 9.17) is 0 Å². The number of nitrogens with one attached hydrogen (secondary N) is 1. The van der Waals surface area contributed by atoms with Gasteiger partial charge in [-0.1, -0.05) is 6.92 Å². The highest BCUT2D eigenvalue weighted by molar-refractivity contribution is 5.76. The van der Waals surface area contributed by atoms with Gasteiger partial charge in [0.1, 0.15) is 0 Å². The van der Waals surface area contributed by atoms with Crippen LogP contribution in [0.25, 0.3) is 0 Å². The smallest absolute Gasteiger partial charge is 0.220 e. The van der Waals surface area contributed by atoms with E-state index in [0.717, 1.165) is 0 Å². The molecule has 1 atom stereocenters. The molecule has 0 heterocycles. The molecule has 1 fully saturated rings. The predicted molar refractivity (Wildman–Crippen MR) is 51.3 cm³/mol. The van der Waals surface area contributed by atoms with E-state index >= 15 is 0 Å². The van der Waals surface area contributed by atoms with E-state index in [1.54, 1.807) is 6.92 Å². The average molecular weight is 185 g/mol. The largest absolute Gasteiger partial charge is 0.388 e. The lowest BCUT2D eigenvalue weighted by atomic mass is 10.0. The van der Waals surface area contributed by atoms with Crippen molar-refractivity contribution in [3.05, 3.63) is 0 Å². The van der Waals surface area contributed by atoms with Crippen LogP contribution in [0.1, 0.15) is 39.5 Å². The van der Waals surface area contributed by atoms with E-state index in [1.165, 1.54) is 12.8 Å². The maximum Gasteiger partial charge on any atom is 0.220 e. The normalized spacial score (nSPS) is 20.8. The molecule has 13 heavy (non-hydrogen) atoms. The van der Waals surface area contributed by atoms with Crippen LogP contribution in [0.3, 0.4) is 0 Å². The van der Waals surface area contributed by atoms with E-state index in [2.05, 4.69) is 5.32 Å². The van der Waals surface area contributed by atoms with Crippen molar-refractivity contribution in [2.24, 2.45) is 5.92 Å². The summed E-state index contributed by atoms with van der Waals surface area (Å²) >= 11 is 0. The summed E-state index contributed by atoms with van der Waals surface area (Å²) in [5, 5.41) is 12.4. The molecule has 1 amide bonds. The zero-order valence-corrected chi connectivity index (χ0v) is 8.47. The Labute approximate surface area is 79.5 Å². The maximum absolute atomic E-state index is 11.2. The van der Waals surface area contributed by atoms with Gasteiger partial charge in [0, 0.05) is 13.0 Å². The van der Waals surface area contributed by atoms with Gasteiger partial charge in [-0.05, 0) is 32.1 Å². The standard InChI is InChI=1S/C10H19NO2/c1-3-10(2,13)7-11-9(12)6-8-4-5-8/h8,13H,3-7H2,1-2H3,(H,11,12). The minimum absolute atomic E-state index is 0.0798. The van der Waals surface area contributed by atoms with Crippen LogP contribution in [0.15, 0.2) is 0 Å².